The van der Waals surface area contributed by atoms with E-state index in [-0.39, 0.29) is 0 Å². The van der Waals surface area contributed by atoms with Crippen LogP contribution in [0.1, 0.15) is 11.5 Å². The van der Waals surface area contributed by atoms with E-state index >= 15 is 0 Å². The van der Waals surface area contributed by atoms with Gasteiger partial charge in [-0.2, -0.15) is 5.21 Å². The van der Waals surface area contributed by atoms with E-state index < -0.39 is 0 Å². The quantitative estimate of drug-likeness (QED) is 0.757. The number of H-pyrrole nitrogens is 1. The molecule has 92 valence electrons. The predicted molar refractivity (Wildman–Crippen MR) is 66.5 cm³/mol. The Labute approximate surface area is 104 Å². The zero-order valence-electron chi connectivity index (χ0n) is 10.2. The molecular formula is C12H13N5O. The molecule has 6 heteroatoms. The number of tetrazole rings is 1. The van der Waals surface area contributed by atoms with Crippen molar-refractivity contribution in [3.8, 4) is 5.75 Å². The third-order valence-corrected chi connectivity index (χ3v) is 3.00. The molecule has 0 fully saturated rings. The van der Waals surface area contributed by atoms with Crippen LogP contribution in [0.4, 0.5) is 0 Å². The summed E-state index contributed by atoms with van der Waals surface area (Å²) in [7, 11) is 1.67. The summed E-state index contributed by atoms with van der Waals surface area (Å²) in [5.74, 6) is 1.53. The molecule has 0 saturated carbocycles. The van der Waals surface area contributed by atoms with Crippen LogP contribution in [0, 0.1) is 6.92 Å². The second kappa shape index (κ2) is 4.14. The molecule has 0 aliphatic carbocycles. The van der Waals surface area contributed by atoms with Gasteiger partial charge in [0.1, 0.15) is 5.75 Å². The van der Waals surface area contributed by atoms with Gasteiger partial charge in [-0.15, -0.1) is 10.2 Å². The van der Waals surface area contributed by atoms with Gasteiger partial charge in [0.25, 0.3) is 0 Å². The maximum atomic E-state index is 5.23. The lowest BCUT2D eigenvalue weighted by atomic mass is 10.2. The summed E-state index contributed by atoms with van der Waals surface area (Å²) in [6.45, 7) is 2.67. The average Bonchev–Trinajstić information content (AvgIpc) is 2.98. The van der Waals surface area contributed by atoms with Gasteiger partial charge in [0, 0.05) is 16.6 Å². The topological polar surface area (TPSA) is 68.6 Å². The molecule has 3 rings (SSSR count). The highest BCUT2D eigenvalue weighted by atomic mass is 16.5. The molecule has 6 nitrogen and oxygen atoms in total. The molecule has 2 heterocycles. The van der Waals surface area contributed by atoms with Crippen molar-refractivity contribution in [2.75, 3.05) is 7.11 Å². The van der Waals surface area contributed by atoms with Crippen LogP contribution in [0.5, 0.6) is 5.75 Å². The number of aryl methyl sites for hydroxylation is 1. The Hall–Kier alpha value is -2.37. The van der Waals surface area contributed by atoms with Crippen LogP contribution in [0.15, 0.2) is 24.3 Å². The van der Waals surface area contributed by atoms with E-state index in [0.717, 1.165) is 22.3 Å². The number of nitrogens with zero attached hydrogens (tertiary/aromatic N) is 4. The molecule has 0 aliphatic rings. The molecule has 0 radical (unpaired) electrons. The third-order valence-electron chi connectivity index (χ3n) is 3.00. The average molecular weight is 243 g/mol. The van der Waals surface area contributed by atoms with Crippen molar-refractivity contribution in [2.24, 2.45) is 0 Å². The molecule has 0 spiro atoms. The highest BCUT2D eigenvalue weighted by Gasteiger charge is 2.09. The van der Waals surface area contributed by atoms with Crippen LogP contribution in [0.25, 0.3) is 10.9 Å². The minimum atomic E-state index is 0.609. The number of aromatic amines is 1. The minimum Gasteiger partial charge on any atom is -0.497 e. The van der Waals surface area contributed by atoms with Gasteiger partial charge >= 0.3 is 0 Å². The van der Waals surface area contributed by atoms with Crippen molar-refractivity contribution >= 4 is 10.9 Å². The number of hydrogen-bond donors (Lipinski definition) is 1. The molecule has 18 heavy (non-hydrogen) atoms. The minimum absolute atomic E-state index is 0.609. The maximum Gasteiger partial charge on any atom is 0.194 e. The summed E-state index contributed by atoms with van der Waals surface area (Å²) < 4.78 is 7.38. The van der Waals surface area contributed by atoms with Crippen LogP contribution in [-0.2, 0) is 6.54 Å². The summed E-state index contributed by atoms with van der Waals surface area (Å²) in [6, 6.07) is 8.14. The van der Waals surface area contributed by atoms with Gasteiger partial charge in [0.2, 0.25) is 0 Å². The number of rotatable bonds is 3. The normalized spacial score (nSPS) is 11.0. The SMILES string of the molecule is COc1ccc2c(c1)cc(C)n2Cc1nn[nH]n1. The number of benzene rings is 1. The van der Waals surface area contributed by atoms with Gasteiger partial charge in [-0.3, -0.25) is 0 Å². The van der Waals surface area contributed by atoms with Crippen LogP contribution in [0.3, 0.4) is 0 Å². The zero-order chi connectivity index (χ0) is 12.5. The summed E-state index contributed by atoms with van der Waals surface area (Å²) in [5, 5.41) is 15.1. The van der Waals surface area contributed by atoms with E-state index in [0.29, 0.717) is 12.4 Å². The Bertz CT molecular complexity index is 671. The predicted octanol–water partition coefficient (Wildman–Crippen LogP) is 1.52. The van der Waals surface area contributed by atoms with Crippen molar-refractivity contribution in [1.82, 2.24) is 25.2 Å². The van der Waals surface area contributed by atoms with E-state index in [1.807, 2.05) is 18.2 Å². The van der Waals surface area contributed by atoms with E-state index in [1.54, 1.807) is 7.11 Å². The van der Waals surface area contributed by atoms with E-state index in [9.17, 15) is 0 Å². The summed E-state index contributed by atoms with van der Waals surface area (Å²) in [4.78, 5) is 0. The number of hydrogen-bond acceptors (Lipinski definition) is 4. The first-order valence-corrected chi connectivity index (χ1v) is 5.64. The molecule has 0 bridgehead atoms. The van der Waals surface area contributed by atoms with Gasteiger partial charge in [0.05, 0.1) is 13.7 Å². The molecule has 0 unspecified atom stereocenters. The number of nitrogens with one attached hydrogen (secondary N) is 1. The van der Waals surface area contributed by atoms with Crippen LogP contribution in [0.2, 0.25) is 0 Å². The van der Waals surface area contributed by atoms with E-state index in [4.69, 9.17) is 4.74 Å². The number of aromatic nitrogens is 5. The van der Waals surface area contributed by atoms with Crippen molar-refractivity contribution in [3.05, 3.63) is 35.8 Å². The van der Waals surface area contributed by atoms with Gasteiger partial charge in [-0.25, -0.2) is 0 Å². The standard InChI is InChI=1S/C12H13N5O/c1-8-5-9-6-10(18-2)3-4-11(9)17(8)7-12-13-15-16-14-12/h3-6H,7H2,1-2H3,(H,13,14,15,16). The van der Waals surface area contributed by atoms with Gasteiger partial charge in [-0.05, 0) is 31.2 Å². The van der Waals surface area contributed by atoms with E-state index in [1.165, 1.54) is 0 Å². The first-order valence-electron chi connectivity index (χ1n) is 5.64. The Morgan fingerprint density at radius 1 is 1.33 bits per heavy atom. The second-order valence-corrected chi connectivity index (χ2v) is 4.12. The fraction of sp³-hybridized carbons (Fsp3) is 0.250. The molecule has 0 atom stereocenters. The molecule has 2 aromatic heterocycles. The lowest BCUT2D eigenvalue weighted by Gasteiger charge is -2.05. The molecule has 1 N–H and O–H groups in total. The smallest absolute Gasteiger partial charge is 0.194 e. The number of ether oxygens (including phenoxy) is 1. The van der Waals surface area contributed by atoms with Crippen LogP contribution in [-0.4, -0.2) is 32.3 Å². The largest absolute Gasteiger partial charge is 0.497 e. The van der Waals surface area contributed by atoms with Gasteiger partial charge in [-0.1, -0.05) is 5.21 Å². The highest BCUT2D eigenvalue weighted by Crippen LogP contribution is 2.24. The molecule has 0 amide bonds. The monoisotopic (exact) mass is 243 g/mol. The zero-order valence-corrected chi connectivity index (χ0v) is 10.2. The number of fused-ring (bicyclic) bond motifs is 1. The Morgan fingerprint density at radius 3 is 2.94 bits per heavy atom. The fourth-order valence-electron chi connectivity index (χ4n) is 2.11. The van der Waals surface area contributed by atoms with Crippen molar-refractivity contribution < 1.29 is 4.74 Å². The molecule has 1 aromatic carbocycles. The first-order chi connectivity index (χ1) is 8.78. The van der Waals surface area contributed by atoms with E-state index in [2.05, 4.69) is 38.2 Å². The Balaban J connectivity index is 2.08. The maximum absolute atomic E-state index is 5.23. The lowest BCUT2D eigenvalue weighted by Crippen LogP contribution is -2.03. The summed E-state index contributed by atoms with van der Waals surface area (Å²) in [5.41, 5.74) is 2.29. The molecular weight excluding hydrogens is 230 g/mol. The van der Waals surface area contributed by atoms with Crippen LogP contribution < -0.4 is 4.74 Å². The molecule has 0 saturated heterocycles. The van der Waals surface area contributed by atoms with Gasteiger partial charge < -0.3 is 9.30 Å². The fourth-order valence-corrected chi connectivity index (χ4v) is 2.11. The summed E-state index contributed by atoms with van der Waals surface area (Å²) in [6.07, 6.45) is 0. The second-order valence-electron chi connectivity index (χ2n) is 4.12. The van der Waals surface area contributed by atoms with Crippen LogP contribution >= 0.6 is 0 Å². The van der Waals surface area contributed by atoms with Crippen molar-refractivity contribution in [3.63, 3.8) is 0 Å². The van der Waals surface area contributed by atoms with Gasteiger partial charge in [0.15, 0.2) is 5.82 Å². The lowest BCUT2D eigenvalue weighted by molar-refractivity contribution is 0.415. The van der Waals surface area contributed by atoms with Crippen molar-refractivity contribution in [1.29, 1.82) is 0 Å². The number of methoxy groups -OCH3 is 1. The summed E-state index contributed by atoms with van der Waals surface area (Å²) >= 11 is 0. The first kappa shape index (κ1) is 10.8. The Kier molecular flexibility index (Phi) is 2.47. The Morgan fingerprint density at radius 2 is 2.22 bits per heavy atom. The highest BCUT2D eigenvalue weighted by molar-refractivity contribution is 5.82. The van der Waals surface area contributed by atoms with Crippen molar-refractivity contribution in [2.45, 2.75) is 13.5 Å². The third kappa shape index (κ3) is 1.71. The molecule has 0 aliphatic heterocycles. The molecule has 3 aromatic rings.